The van der Waals surface area contributed by atoms with Crippen LogP contribution in [0.3, 0.4) is 0 Å². The summed E-state index contributed by atoms with van der Waals surface area (Å²) < 4.78 is 55.1. The fraction of sp³-hybridized carbons (Fsp3) is 0.360. The summed E-state index contributed by atoms with van der Waals surface area (Å²) >= 11 is 1.39. The van der Waals surface area contributed by atoms with Gasteiger partial charge in [0.1, 0.15) is 17.8 Å². The number of halogens is 4. The normalized spacial score (nSPS) is 11.1. The summed E-state index contributed by atoms with van der Waals surface area (Å²) in [6.07, 6.45) is -1.43. The summed E-state index contributed by atoms with van der Waals surface area (Å²) in [5.74, 6) is -0.369. The number of benzene rings is 1. The fourth-order valence-corrected chi connectivity index (χ4v) is 4.40. The molecular weight excluding hydrogens is 498 g/mol. The van der Waals surface area contributed by atoms with Crippen LogP contribution in [0.5, 0.6) is 0 Å². The molecule has 36 heavy (non-hydrogen) atoms. The molecule has 3 aromatic rings. The predicted octanol–water partition coefficient (Wildman–Crippen LogP) is 4.95. The number of carbonyl (C=O) groups excluding carboxylic acids is 1. The molecule has 0 N–H and O–H groups in total. The Hall–Kier alpha value is -3.21. The van der Waals surface area contributed by atoms with Crippen molar-refractivity contribution >= 4 is 18.0 Å². The zero-order valence-electron chi connectivity index (χ0n) is 20.4. The monoisotopic (exact) mass is 525 g/mol. The molecule has 3 rings (SSSR count). The van der Waals surface area contributed by atoms with E-state index in [1.165, 1.54) is 23.9 Å². The third-order valence-electron chi connectivity index (χ3n) is 5.21. The van der Waals surface area contributed by atoms with E-state index in [9.17, 15) is 31.9 Å². The van der Waals surface area contributed by atoms with Crippen LogP contribution in [0.2, 0.25) is 0 Å². The molecule has 0 saturated heterocycles. The number of aryl methyl sites for hydroxylation is 1. The minimum Gasteiger partial charge on any atom is -0.303 e. The van der Waals surface area contributed by atoms with E-state index in [0.29, 0.717) is 39.3 Å². The van der Waals surface area contributed by atoms with Crippen molar-refractivity contribution in [3.05, 3.63) is 85.6 Å². The largest absolute Gasteiger partial charge is 0.431 e. The Labute approximate surface area is 210 Å². The number of hydrogen-bond acceptors (Lipinski definition) is 5. The molecule has 0 unspecified atom stereocenters. The Morgan fingerprint density at radius 3 is 2.39 bits per heavy atom. The average Bonchev–Trinajstić information content (AvgIpc) is 2.84. The first-order valence-electron chi connectivity index (χ1n) is 11.3. The third-order valence-corrected chi connectivity index (χ3v) is 6.29. The summed E-state index contributed by atoms with van der Waals surface area (Å²) in [5, 5.41) is 0.680. The standard InChI is InChI=1S/C23H21F4N3O3S.C2H6/c1-3-14-11-17(24)18(30-20(32)13-19(23(25,26)27)29(2)22(30)33)12-16(14)10-15-6-4-7-28-21(15)34-9-5-8-31;1-2/h4,6-8,11-13H,3,5,9-10H2,1-2H3;1-2H3. The lowest BCUT2D eigenvalue weighted by atomic mass is 9.98. The second-order valence-corrected chi connectivity index (χ2v) is 8.50. The molecule has 0 aliphatic carbocycles. The molecule has 2 aromatic heterocycles. The van der Waals surface area contributed by atoms with Crippen LogP contribution >= 0.6 is 11.8 Å². The molecule has 0 bridgehead atoms. The number of thioether (sulfide) groups is 1. The van der Waals surface area contributed by atoms with Crippen molar-refractivity contribution < 1.29 is 22.4 Å². The fourth-order valence-electron chi connectivity index (χ4n) is 3.53. The Morgan fingerprint density at radius 1 is 1.08 bits per heavy atom. The first kappa shape index (κ1) is 29.0. The van der Waals surface area contributed by atoms with Gasteiger partial charge in [-0.05, 0) is 41.3 Å². The molecule has 6 nitrogen and oxygen atoms in total. The lowest BCUT2D eigenvalue weighted by Gasteiger charge is -2.17. The highest BCUT2D eigenvalue weighted by Gasteiger charge is 2.35. The van der Waals surface area contributed by atoms with Crippen LogP contribution in [0.15, 0.2) is 51.1 Å². The van der Waals surface area contributed by atoms with E-state index >= 15 is 0 Å². The highest BCUT2D eigenvalue weighted by Crippen LogP contribution is 2.28. The topological polar surface area (TPSA) is 74.0 Å². The summed E-state index contributed by atoms with van der Waals surface area (Å²) in [7, 11) is 0.874. The molecule has 0 amide bonds. The Balaban J connectivity index is 0.00000222. The second kappa shape index (κ2) is 12.7. The second-order valence-electron chi connectivity index (χ2n) is 7.42. The summed E-state index contributed by atoms with van der Waals surface area (Å²) in [6, 6.07) is 6.32. The zero-order valence-corrected chi connectivity index (χ0v) is 21.2. The van der Waals surface area contributed by atoms with Crippen LogP contribution < -0.4 is 11.2 Å². The Bertz CT molecular complexity index is 1330. The van der Waals surface area contributed by atoms with Crippen molar-refractivity contribution in [1.82, 2.24) is 14.1 Å². The van der Waals surface area contributed by atoms with Gasteiger partial charge in [0, 0.05) is 37.9 Å². The maximum Gasteiger partial charge on any atom is 0.431 e. The molecule has 0 saturated carbocycles. The van der Waals surface area contributed by atoms with Crippen molar-refractivity contribution in [1.29, 1.82) is 0 Å². The van der Waals surface area contributed by atoms with Crippen molar-refractivity contribution in [2.45, 2.75) is 51.2 Å². The quantitative estimate of drug-likeness (QED) is 0.180. The van der Waals surface area contributed by atoms with E-state index in [0.717, 1.165) is 18.9 Å². The smallest absolute Gasteiger partial charge is 0.303 e. The number of alkyl halides is 3. The zero-order chi connectivity index (χ0) is 27.0. The van der Waals surface area contributed by atoms with Crippen LogP contribution in [0.25, 0.3) is 5.69 Å². The van der Waals surface area contributed by atoms with E-state index in [-0.39, 0.29) is 17.1 Å². The van der Waals surface area contributed by atoms with Gasteiger partial charge in [-0.2, -0.15) is 13.2 Å². The van der Waals surface area contributed by atoms with E-state index in [1.54, 1.807) is 12.3 Å². The minimum absolute atomic E-state index is 0.275. The molecule has 0 radical (unpaired) electrons. The maximum absolute atomic E-state index is 15.0. The molecule has 0 atom stereocenters. The predicted molar refractivity (Wildman–Crippen MR) is 131 cm³/mol. The molecule has 194 valence electrons. The van der Waals surface area contributed by atoms with Gasteiger partial charge in [-0.25, -0.2) is 18.7 Å². The summed E-state index contributed by atoms with van der Waals surface area (Å²) in [5.41, 5.74) is -2.43. The number of rotatable bonds is 8. The lowest BCUT2D eigenvalue weighted by Crippen LogP contribution is -2.41. The van der Waals surface area contributed by atoms with Gasteiger partial charge < -0.3 is 4.79 Å². The van der Waals surface area contributed by atoms with Crippen LogP contribution in [-0.2, 0) is 30.9 Å². The van der Waals surface area contributed by atoms with Crippen LogP contribution in [0.1, 0.15) is 49.6 Å². The maximum atomic E-state index is 15.0. The lowest BCUT2D eigenvalue weighted by molar-refractivity contribution is -0.144. The van der Waals surface area contributed by atoms with E-state index in [2.05, 4.69) is 4.98 Å². The SMILES string of the molecule is CC.CCc1cc(F)c(-n2c(=O)cc(C(F)(F)F)n(C)c2=O)cc1Cc1cccnc1SCCC=O. The molecule has 0 aliphatic rings. The van der Waals surface area contributed by atoms with E-state index in [1.807, 2.05) is 26.8 Å². The van der Waals surface area contributed by atoms with Gasteiger partial charge in [0.25, 0.3) is 5.56 Å². The van der Waals surface area contributed by atoms with Gasteiger partial charge in [-0.15, -0.1) is 11.8 Å². The molecule has 2 heterocycles. The van der Waals surface area contributed by atoms with Crippen molar-refractivity contribution in [3.8, 4) is 5.69 Å². The van der Waals surface area contributed by atoms with E-state index in [4.69, 9.17) is 0 Å². The van der Waals surface area contributed by atoms with E-state index < -0.39 is 34.6 Å². The number of hydrogen-bond donors (Lipinski definition) is 0. The highest BCUT2D eigenvalue weighted by atomic mass is 32.2. The van der Waals surface area contributed by atoms with Crippen LogP contribution in [0, 0.1) is 5.82 Å². The number of nitrogens with zero attached hydrogens (tertiary/aromatic N) is 3. The first-order chi connectivity index (χ1) is 17.1. The van der Waals surface area contributed by atoms with Crippen LogP contribution in [0.4, 0.5) is 17.6 Å². The van der Waals surface area contributed by atoms with Gasteiger partial charge in [-0.3, -0.25) is 9.36 Å². The highest BCUT2D eigenvalue weighted by molar-refractivity contribution is 7.99. The van der Waals surface area contributed by atoms with Crippen molar-refractivity contribution in [2.75, 3.05) is 5.75 Å². The van der Waals surface area contributed by atoms with Gasteiger partial charge in [0.2, 0.25) is 0 Å². The Morgan fingerprint density at radius 2 is 1.78 bits per heavy atom. The molecule has 11 heteroatoms. The first-order valence-corrected chi connectivity index (χ1v) is 12.3. The number of aldehydes is 1. The minimum atomic E-state index is -4.92. The molecule has 0 spiro atoms. The van der Waals surface area contributed by atoms with Gasteiger partial charge >= 0.3 is 11.9 Å². The number of aromatic nitrogens is 3. The number of pyridine rings is 1. The number of carbonyl (C=O) groups is 1. The summed E-state index contributed by atoms with van der Waals surface area (Å²) in [6.45, 7) is 5.81. The molecule has 1 aromatic carbocycles. The molecular formula is C25H27F4N3O3S. The van der Waals surface area contributed by atoms with Crippen molar-refractivity contribution in [3.63, 3.8) is 0 Å². The molecule has 0 fully saturated rings. The van der Waals surface area contributed by atoms with Gasteiger partial charge in [-0.1, -0.05) is 26.8 Å². The van der Waals surface area contributed by atoms with Crippen LogP contribution in [-0.4, -0.2) is 26.2 Å². The summed E-state index contributed by atoms with van der Waals surface area (Å²) in [4.78, 5) is 40.1. The average molecular weight is 526 g/mol. The van der Waals surface area contributed by atoms with Gasteiger partial charge in [0.05, 0.1) is 10.7 Å². The Kier molecular flexibility index (Phi) is 10.2. The van der Waals surface area contributed by atoms with Gasteiger partial charge in [0.15, 0.2) is 0 Å². The van der Waals surface area contributed by atoms with Crippen molar-refractivity contribution in [2.24, 2.45) is 7.05 Å². The molecule has 0 aliphatic heterocycles. The third kappa shape index (κ3) is 6.51.